The fourth-order valence-electron chi connectivity index (χ4n) is 1.64. The Morgan fingerprint density at radius 3 is 2.55 bits per heavy atom. The maximum absolute atomic E-state index is 13.9. The Bertz CT molecular complexity index is 586. The van der Waals surface area contributed by atoms with E-state index in [1.807, 2.05) is 14.1 Å². The van der Waals surface area contributed by atoms with Crippen molar-refractivity contribution < 1.29 is 4.39 Å². The summed E-state index contributed by atoms with van der Waals surface area (Å²) in [5.74, 6) is 0.950. The van der Waals surface area contributed by atoms with Crippen LogP contribution in [0.25, 0.3) is 11.4 Å². The second-order valence-corrected chi connectivity index (χ2v) is 4.58. The number of aromatic nitrogens is 3. The van der Waals surface area contributed by atoms with Gasteiger partial charge in [0.2, 0.25) is 11.9 Å². The first-order valence-electron chi connectivity index (χ1n) is 6.54. The summed E-state index contributed by atoms with van der Waals surface area (Å²) in [4.78, 5) is 14.6. The summed E-state index contributed by atoms with van der Waals surface area (Å²) in [6, 6.07) is 6.46. The average Bonchev–Trinajstić information content (AvgIpc) is 2.45. The maximum atomic E-state index is 13.9. The van der Waals surface area contributed by atoms with E-state index < -0.39 is 0 Å². The SMILES string of the molecule is CCCNc1nc(-c2ccccc2F)nc(N(C)C)n1. The molecule has 5 nitrogen and oxygen atoms in total. The van der Waals surface area contributed by atoms with Crippen LogP contribution in [0.1, 0.15) is 13.3 Å². The molecule has 2 aromatic rings. The predicted octanol–water partition coefficient (Wildman–Crippen LogP) is 2.57. The number of nitrogens with one attached hydrogen (secondary N) is 1. The van der Waals surface area contributed by atoms with Gasteiger partial charge in [-0.25, -0.2) is 4.39 Å². The molecule has 0 saturated carbocycles. The zero-order valence-corrected chi connectivity index (χ0v) is 11.9. The molecular formula is C14H18FN5. The van der Waals surface area contributed by atoms with Crippen molar-refractivity contribution in [3.8, 4) is 11.4 Å². The average molecular weight is 275 g/mol. The number of hydrogen-bond donors (Lipinski definition) is 1. The van der Waals surface area contributed by atoms with Crippen LogP contribution in [-0.2, 0) is 0 Å². The van der Waals surface area contributed by atoms with Crippen molar-refractivity contribution in [3.63, 3.8) is 0 Å². The largest absolute Gasteiger partial charge is 0.354 e. The molecule has 0 aliphatic heterocycles. The molecule has 0 fully saturated rings. The van der Waals surface area contributed by atoms with E-state index in [1.54, 1.807) is 23.1 Å². The van der Waals surface area contributed by atoms with Crippen molar-refractivity contribution in [3.05, 3.63) is 30.1 Å². The van der Waals surface area contributed by atoms with Crippen LogP contribution in [0, 0.1) is 5.82 Å². The van der Waals surface area contributed by atoms with Crippen LogP contribution in [0.15, 0.2) is 24.3 Å². The molecule has 0 bridgehead atoms. The van der Waals surface area contributed by atoms with Gasteiger partial charge in [0.25, 0.3) is 0 Å². The summed E-state index contributed by atoms with van der Waals surface area (Å²) >= 11 is 0. The molecule has 6 heteroatoms. The van der Waals surface area contributed by atoms with E-state index in [2.05, 4.69) is 27.2 Å². The first-order valence-corrected chi connectivity index (χ1v) is 6.54. The molecule has 1 aromatic heterocycles. The third-order valence-electron chi connectivity index (χ3n) is 2.67. The third kappa shape index (κ3) is 3.20. The molecule has 0 amide bonds. The van der Waals surface area contributed by atoms with Gasteiger partial charge in [-0.3, -0.25) is 0 Å². The van der Waals surface area contributed by atoms with Crippen molar-refractivity contribution in [2.24, 2.45) is 0 Å². The molecule has 1 aromatic carbocycles. The van der Waals surface area contributed by atoms with Crippen LogP contribution in [0.5, 0.6) is 0 Å². The molecule has 1 N–H and O–H groups in total. The lowest BCUT2D eigenvalue weighted by atomic mass is 10.2. The summed E-state index contributed by atoms with van der Waals surface area (Å²) in [6.45, 7) is 2.81. The van der Waals surface area contributed by atoms with Crippen molar-refractivity contribution in [2.45, 2.75) is 13.3 Å². The molecule has 20 heavy (non-hydrogen) atoms. The molecule has 0 saturated heterocycles. The molecule has 0 radical (unpaired) electrons. The van der Waals surface area contributed by atoms with Crippen LogP contribution in [0.4, 0.5) is 16.3 Å². The van der Waals surface area contributed by atoms with Gasteiger partial charge in [-0.2, -0.15) is 15.0 Å². The molecule has 0 unspecified atom stereocenters. The van der Waals surface area contributed by atoms with E-state index in [9.17, 15) is 4.39 Å². The number of benzene rings is 1. The maximum Gasteiger partial charge on any atom is 0.230 e. The number of hydrogen-bond acceptors (Lipinski definition) is 5. The van der Waals surface area contributed by atoms with E-state index in [1.165, 1.54) is 6.07 Å². The number of anilines is 2. The number of rotatable bonds is 5. The van der Waals surface area contributed by atoms with Gasteiger partial charge in [-0.05, 0) is 18.6 Å². The van der Waals surface area contributed by atoms with E-state index in [0.717, 1.165) is 13.0 Å². The van der Waals surface area contributed by atoms with Crippen LogP contribution < -0.4 is 10.2 Å². The quantitative estimate of drug-likeness (QED) is 0.909. The molecule has 0 atom stereocenters. The highest BCUT2D eigenvalue weighted by Crippen LogP contribution is 2.21. The van der Waals surface area contributed by atoms with Crippen LogP contribution in [0.2, 0.25) is 0 Å². The Balaban J connectivity index is 2.46. The fraction of sp³-hybridized carbons (Fsp3) is 0.357. The fourth-order valence-corrected chi connectivity index (χ4v) is 1.64. The topological polar surface area (TPSA) is 53.9 Å². The highest BCUT2D eigenvalue weighted by molar-refractivity contribution is 5.58. The first kappa shape index (κ1) is 14.2. The minimum absolute atomic E-state index is 0.334. The van der Waals surface area contributed by atoms with Gasteiger partial charge in [0, 0.05) is 20.6 Å². The third-order valence-corrected chi connectivity index (χ3v) is 2.67. The van der Waals surface area contributed by atoms with E-state index in [4.69, 9.17) is 0 Å². The Kier molecular flexibility index (Phi) is 4.45. The lowest BCUT2D eigenvalue weighted by Gasteiger charge is -2.13. The van der Waals surface area contributed by atoms with Crippen LogP contribution >= 0.6 is 0 Å². The highest BCUT2D eigenvalue weighted by Gasteiger charge is 2.12. The van der Waals surface area contributed by atoms with E-state index in [-0.39, 0.29) is 5.82 Å². The van der Waals surface area contributed by atoms with Crippen molar-refractivity contribution >= 4 is 11.9 Å². The van der Waals surface area contributed by atoms with Gasteiger partial charge in [-0.15, -0.1) is 0 Å². The normalized spacial score (nSPS) is 10.4. The molecule has 0 spiro atoms. The van der Waals surface area contributed by atoms with Crippen molar-refractivity contribution in [1.82, 2.24) is 15.0 Å². The summed E-state index contributed by atoms with van der Waals surface area (Å²) in [5, 5.41) is 3.11. The Morgan fingerprint density at radius 1 is 1.15 bits per heavy atom. The molecule has 2 rings (SSSR count). The number of halogens is 1. The lowest BCUT2D eigenvalue weighted by molar-refractivity contribution is 0.630. The smallest absolute Gasteiger partial charge is 0.230 e. The standard InChI is InChI=1S/C14H18FN5/c1-4-9-16-13-17-12(18-14(19-13)20(2)3)10-7-5-6-8-11(10)15/h5-8H,4,9H2,1-3H3,(H,16,17,18,19). The van der Waals surface area contributed by atoms with Gasteiger partial charge < -0.3 is 10.2 Å². The van der Waals surface area contributed by atoms with Crippen molar-refractivity contribution in [1.29, 1.82) is 0 Å². The minimum Gasteiger partial charge on any atom is -0.354 e. The zero-order chi connectivity index (χ0) is 14.5. The van der Waals surface area contributed by atoms with Gasteiger partial charge in [-0.1, -0.05) is 19.1 Å². The second kappa shape index (κ2) is 6.27. The molecule has 1 heterocycles. The Labute approximate surface area is 117 Å². The zero-order valence-electron chi connectivity index (χ0n) is 11.9. The Hall–Kier alpha value is -2.24. The lowest BCUT2D eigenvalue weighted by Crippen LogP contribution is -2.16. The number of nitrogens with zero attached hydrogens (tertiary/aromatic N) is 4. The van der Waals surface area contributed by atoms with Gasteiger partial charge in [0.05, 0.1) is 5.56 Å². The monoisotopic (exact) mass is 275 g/mol. The summed E-state index contributed by atoms with van der Waals surface area (Å²) in [6.07, 6.45) is 0.956. The van der Waals surface area contributed by atoms with Crippen LogP contribution in [0.3, 0.4) is 0 Å². The molecule has 0 aliphatic rings. The van der Waals surface area contributed by atoms with Crippen molar-refractivity contribution in [2.75, 3.05) is 30.9 Å². The van der Waals surface area contributed by atoms with E-state index >= 15 is 0 Å². The highest BCUT2D eigenvalue weighted by atomic mass is 19.1. The Morgan fingerprint density at radius 2 is 1.90 bits per heavy atom. The first-order chi connectivity index (χ1) is 9.61. The molecule has 0 aliphatic carbocycles. The predicted molar refractivity (Wildman–Crippen MR) is 78.3 cm³/mol. The molecule has 106 valence electrons. The summed E-state index contributed by atoms with van der Waals surface area (Å²) in [5.41, 5.74) is 0.373. The van der Waals surface area contributed by atoms with Crippen LogP contribution in [-0.4, -0.2) is 35.6 Å². The second-order valence-electron chi connectivity index (χ2n) is 4.58. The van der Waals surface area contributed by atoms with Gasteiger partial charge >= 0.3 is 0 Å². The van der Waals surface area contributed by atoms with Gasteiger partial charge in [0.1, 0.15) is 5.82 Å². The van der Waals surface area contributed by atoms with Gasteiger partial charge in [0.15, 0.2) is 5.82 Å². The summed E-state index contributed by atoms with van der Waals surface area (Å²) < 4.78 is 13.9. The minimum atomic E-state index is -0.343. The van der Waals surface area contributed by atoms with E-state index in [0.29, 0.717) is 23.3 Å². The summed E-state index contributed by atoms with van der Waals surface area (Å²) in [7, 11) is 3.67. The molecular weight excluding hydrogens is 257 g/mol.